The van der Waals surface area contributed by atoms with Gasteiger partial charge in [0.1, 0.15) is 24.7 Å². The van der Waals surface area contributed by atoms with Gasteiger partial charge in [-0.3, -0.25) is 41.0 Å². The van der Waals surface area contributed by atoms with Crippen molar-refractivity contribution in [3.63, 3.8) is 0 Å². The van der Waals surface area contributed by atoms with Crippen LogP contribution in [0.25, 0.3) is 0 Å². The minimum Gasteiger partial charge on any atom is -0.492 e. The Morgan fingerprint density at radius 3 is 1.63 bits per heavy atom. The summed E-state index contributed by atoms with van der Waals surface area (Å²) in [7, 11) is 0. The van der Waals surface area contributed by atoms with Crippen molar-refractivity contribution in [2.75, 3.05) is 90.4 Å². The van der Waals surface area contributed by atoms with Crippen molar-refractivity contribution in [2.45, 2.75) is 19.3 Å². The number of hydrogen-bond acceptors (Lipinski definition) is 15. The van der Waals surface area contributed by atoms with Gasteiger partial charge in [0.05, 0.1) is 49.4 Å². The van der Waals surface area contributed by atoms with Crippen LogP contribution in [0.2, 0.25) is 0 Å². The number of amidine groups is 2. The lowest BCUT2D eigenvalue weighted by atomic mass is 10.1. The molecule has 0 unspecified atom stereocenters. The molecule has 0 aliphatic carbocycles. The van der Waals surface area contributed by atoms with Crippen LogP contribution in [0, 0.1) is 21.6 Å². The summed E-state index contributed by atoms with van der Waals surface area (Å²) < 4.78 is 22.5. The fourth-order valence-corrected chi connectivity index (χ4v) is 7.47. The second-order valence-corrected chi connectivity index (χ2v) is 15.2. The van der Waals surface area contributed by atoms with Crippen LogP contribution in [0.4, 0.5) is 0 Å². The lowest BCUT2D eigenvalue weighted by Gasteiger charge is -2.26. The van der Waals surface area contributed by atoms with Gasteiger partial charge >= 0.3 is 0 Å². The first kappa shape index (κ1) is 41.3. The normalized spacial score (nSPS) is 15.0. The minimum atomic E-state index is -0.346. The zero-order chi connectivity index (χ0) is 37.0. The molecule has 6 N–H and O–H groups in total. The number of thioether (sulfide) groups is 3. The Balaban J connectivity index is 1.03. The topological polar surface area (TPSA) is 197 Å². The van der Waals surface area contributed by atoms with Crippen molar-refractivity contribution in [2.24, 2.45) is 0 Å². The number of hydrogen-bond donors (Lipinski definition) is 6. The molecular weight excluding hydrogens is 725 g/mol. The van der Waals surface area contributed by atoms with E-state index in [1.165, 1.54) is 11.8 Å². The van der Waals surface area contributed by atoms with Crippen molar-refractivity contribution in [3.05, 3.63) is 59.7 Å². The summed E-state index contributed by atoms with van der Waals surface area (Å²) in [6.45, 7) is 9.25. The smallest absolute Gasteiger partial charge is 0.230 e. The van der Waals surface area contributed by atoms with Crippen molar-refractivity contribution in [1.29, 1.82) is 21.6 Å². The molecule has 2 amide bonds. The Hall–Kier alpha value is -3.45. The Morgan fingerprint density at radius 2 is 1.15 bits per heavy atom. The number of nitrogens with one attached hydrogen (secondary N) is 6. The van der Waals surface area contributed by atoms with Gasteiger partial charge in [-0.25, -0.2) is 0 Å². The molecule has 0 radical (unpaired) electrons. The summed E-state index contributed by atoms with van der Waals surface area (Å²) in [4.78, 5) is 29.6. The summed E-state index contributed by atoms with van der Waals surface area (Å²) in [5.41, 5.74) is 1.54. The highest BCUT2D eigenvalue weighted by Crippen LogP contribution is 2.17. The molecule has 2 saturated heterocycles. The number of morpholine rings is 2. The zero-order valence-electron chi connectivity index (χ0n) is 29.2. The van der Waals surface area contributed by atoms with E-state index in [1.54, 1.807) is 0 Å². The van der Waals surface area contributed by atoms with E-state index < -0.39 is 0 Å². The predicted octanol–water partition coefficient (Wildman–Crippen LogP) is 3.54. The van der Waals surface area contributed by atoms with Gasteiger partial charge in [0.15, 0.2) is 10.3 Å². The molecule has 282 valence electrons. The van der Waals surface area contributed by atoms with E-state index in [0.717, 1.165) is 100 Å². The van der Waals surface area contributed by atoms with Crippen molar-refractivity contribution in [3.8, 4) is 11.5 Å². The minimum absolute atomic E-state index is 0.0825. The third kappa shape index (κ3) is 16.9. The van der Waals surface area contributed by atoms with E-state index in [9.17, 15) is 9.59 Å². The molecule has 2 aromatic rings. The van der Waals surface area contributed by atoms with Gasteiger partial charge in [-0.2, -0.15) is 11.8 Å². The molecule has 0 bridgehead atoms. The van der Waals surface area contributed by atoms with Gasteiger partial charge in [0.25, 0.3) is 0 Å². The molecule has 52 heavy (non-hydrogen) atoms. The lowest BCUT2D eigenvalue weighted by Crippen LogP contribution is -2.38. The number of nitrogens with zero attached hydrogens (tertiary/aromatic N) is 2. The third-order valence-electron chi connectivity index (χ3n) is 7.75. The second kappa shape index (κ2) is 23.3. The molecule has 14 nitrogen and oxygen atoms in total. The molecule has 2 aliphatic heterocycles. The predicted molar refractivity (Wildman–Crippen MR) is 210 cm³/mol. The number of amides is 2. The summed E-state index contributed by atoms with van der Waals surface area (Å²) in [5.74, 6) is 1.53. The third-order valence-corrected chi connectivity index (χ3v) is 10.4. The standard InChI is InChI=1S/C35H48N8O6S3/c36-30(51-34(38)40-32(44)23-26-3-1-5-28(21-26)48-18-12-42-8-14-46-15-9-42)7-20-50-25-31(37)52-35(39)41-33(45)24-27-4-2-6-29(22-27)49-19-13-43-10-16-47-17-11-43/h1-6,21-22,36-37H,7-20,23-25H2,(H2,38,40,44)(H2,39,41,45). The van der Waals surface area contributed by atoms with E-state index >= 15 is 0 Å². The van der Waals surface area contributed by atoms with Crippen molar-refractivity contribution >= 4 is 67.5 Å². The van der Waals surface area contributed by atoms with Crippen LogP contribution >= 0.6 is 35.3 Å². The van der Waals surface area contributed by atoms with Crippen LogP contribution in [0.15, 0.2) is 48.5 Å². The fraction of sp³-hybridized carbons (Fsp3) is 0.486. The van der Waals surface area contributed by atoms with Gasteiger partial charge in [-0.1, -0.05) is 24.3 Å². The number of ether oxygens (including phenoxy) is 4. The number of carbonyl (C=O) groups excluding carboxylic acids is 2. The Morgan fingerprint density at radius 1 is 0.692 bits per heavy atom. The average Bonchev–Trinajstić information content (AvgIpc) is 3.11. The molecule has 17 heteroatoms. The molecule has 2 fully saturated rings. The van der Waals surface area contributed by atoms with Crippen LogP contribution in [-0.4, -0.2) is 132 Å². The van der Waals surface area contributed by atoms with Gasteiger partial charge in [-0.15, -0.1) is 0 Å². The van der Waals surface area contributed by atoms with E-state index in [0.29, 0.717) is 42.6 Å². The first-order valence-electron chi connectivity index (χ1n) is 17.1. The SMILES string of the molecule is N=C(CCSCC(=N)SC(=N)NC(=O)Cc1cccc(OCCN2CCOCC2)c1)SC(=N)NC(=O)Cc1cccc(OCCN2CCOCC2)c1. The molecule has 2 aliphatic rings. The molecule has 2 aromatic carbocycles. The van der Waals surface area contributed by atoms with Crippen LogP contribution in [-0.2, 0) is 31.9 Å². The molecule has 0 saturated carbocycles. The van der Waals surface area contributed by atoms with E-state index in [4.69, 9.17) is 40.6 Å². The molecule has 4 rings (SSSR count). The van der Waals surface area contributed by atoms with Crippen LogP contribution in [0.5, 0.6) is 11.5 Å². The van der Waals surface area contributed by atoms with Gasteiger partial charge in [-0.05, 0) is 64.7 Å². The second-order valence-electron chi connectivity index (χ2n) is 11.9. The van der Waals surface area contributed by atoms with Crippen LogP contribution in [0.1, 0.15) is 17.5 Å². The van der Waals surface area contributed by atoms with Crippen LogP contribution in [0.3, 0.4) is 0 Å². The van der Waals surface area contributed by atoms with Crippen molar-refractivity contribution in [1.82, 2.24) is 20.4 Å². The summed E-state index contributed by atoms with van der Waals surface area (Å²) in [5, 5.41) is 37.8. The molecule has 0 atom stereocenters. The fourth-order valence-electron chi connectivity index (χ4n) is 5.15. The maximum atomic E-state index is 12.5. The largest absolute Gasteiger partial charge is 0.492 e. The highest BCUT2D eigenvalue weighted by molar-refractivity contribution is 8.27. The van der Waals surface area contributed by atoms with Gasteiger partial charge in [0.2, 0.25) is 11.8 Å². The van der Waals surface area contributed by atoms with E-state index in [-0.39, 0.29) is 45.1 Å². The van der Waals surface area contributed by atoms with Crippen LogP contribution < -0.4 is 20.1 Å². The first-order chi connectivity index (χ1) is 25.2. The highest BCUT2D eigenvalue weighted by Gasteiger charge is 2.14. The maximum absolute atomic E-state index is 12.5. The number of carbonyl (C=O) groups is 2. The van der Waals surface area contributed by atoms with E-state index in [1.807, 2.05) is 48.5 Å². The molecule has 0 aromatic heterocycles. The Bertz CT molecular complexity index is 1410. The lowest BCUT2D eigenvalue weighted by molar-refractivity contribution is -0.119. The molecule has 0 spiro atoms. The van der Waals surface area contributed by atoms with Gasteiger partial charge < -0.3 is 29.6 Å². The first-order valence-corrected chi connectivity index (χ1v) is 19.9. The molecule has 2 heterocycles. The zero-order valence-corrected chi connectivity index (χ0v) is 31.7. The summed E-state index contributed by atoms with van der Waals surface area (Å²) >= 11 is 3.17. The number of benzene rings is 2. The van der Waals surface area contributed by atoms with E-state index in [2.05, 4.69) is 20.4 Å². The van der Waals surface area contributed by atoms with Gasteiger partial charge in [0, 0.05) is 51.4 Å². The Kier molecular flexibility index (Phi) is 18.5. The average molecular weight is 773 g/mol. The maximum Gasteiger partial charge on any atom is 0.230 e. The molecular formula is C35H48N8O6S3. The highest BCUT2D eigenvalue weighted by atomic mass is 32.2. The quantitative estimate of drug-likeness (QED) is 0.0782. The monoisotopic (exact) mass is 772 g/mol. The summed E-state index contributed by atoms with van der Waals surface area (Å²) in [6, 6.07) is 14.7. The Labute approximate surface area is 317 Å². The summed E-state index contributed by atoms with van der Waals surface area (Å²) in [6.07, 6.45) is 0.527. The number of rotatable bonds is 17. The van der Waals surface area contributed by atoms with Crippen molar-refractivity contribution < 1.29 is 28.5 Å².